The third-order valence-corrected chi connectivity index (χ3v) is 5.06. The molecule has 25 heavy (non-hydrogen) atoms. The molecule has 1 saturated carbocycles. The summed E-state index contributed by atoms with van der Waals surface area (Å²) in [7, 11) is 4.09. The average Bonchev–Trinajstić information content (AvgIpc) is 3.11. The molecule has 1 aliphatic rings. The summed E-state index contributed by atoms with van der Waals surface area (Å²) in [6.45, 7) is 5.85. The molecule has 0 unspecified atom stereocenters. The average molecular weight is 350 g/mol. The Morgan fingerprint density at radius 1 is 1.28 bits per heavy atom. The van der Waals surface area contributed by atoms with E-state index in [1.54, 1.807) is 6.33 Å². The molecule has 0 bridgehead atoms. The van der Waals surface area contributed by atoms with Crippen LogP contribution in [-0.4, -0.2) is 65.4 Å². The topological polar surface area (TPSA) is 70.4 Å². The molecule has 0 aromatic carbocycles. The van der Waals surface area contributed by atoms with Gasteiger partial charge in [0.05, 0.1) is 0 Å². The minimum atomic E-state index is 0.794. The van der Waals surface area contributed by atoms with Crippen molar-refractivity contribution in [3.8, 4) is 0 Å². The maximum Gasteiger partial charge on any atom is 0.191 e. The first-order valence-corrected chi connectivity index (χ1v) is 9.76. The Morgan fingerprint density at radius 3 is 2.76 bits per heavy atom. The number of nitrogens with zero attached hydrogens (tertiary/aromatic N) is 5. The Morgan fingerprint density at radius 2 is 2.04 bits per heavy atom. The van der Waals surface area contributed by atoms with Crippen molar-refractivity contribution in [2.75, 3.05) is 33.7 Å². The summed E-state index contributed by atoms with van der Waals surface area (Å²) >= 11 is 0. The highest BCUT2D eigenvalue weighted by atomic mass is 15.3. The third-order valence-electron chi connectivity index (χ3n) is 5.06. The molecule has 1 aromatic heterocycles. The summed E-state index contributed by atoms with van der Waals surface area (Å²) in [5, 5.41) is 14.8. The molecule has 7 nitrogen and oxygen atoms in total. The molecule has 2 N–H and O–H groups in total. The van der Waals surface area contributed by atoms with Crippen LogP contribution in [0.1, 0.15) is 51.3 Å². The van der Waals surface area contributed by atoms with E-state index in [1.807, 2.05) is 7.05 Å². The highest BCUT2D eigenvalue weighted by molar-refractivity contribution is 5.79. The van der Waals surface area contributed by atoms with Crippen LogP contribution in [0.2, 0.25) is 0 Å². The van der Waals surface area contributed by atoms with Crippen molar-refractivity contribution in [1.82, 2.24) is 30.3 Å². The number of aliphatic imine (C=N–C) groups is 1. The molecular weight excluding hydrogens is 314 g/mol. The molecule has 1 aromatic rings. The van der Waals surface area contributed by atoms with Crippen LogP contribution in [0.5, 0.6) is 0 Å². The zero-order valence-corrected chi connectivity index (χ0v) is 16.2. The van der Waals surface area contributed by atoms with Gasteiger partial charge in [-0.1, -0.05) is 26.2 Å². The fourth-order valence-corrected chi connectivity index (χ4v) is 3.49. The lowest BCUT2D eigenvalue weighted by Crippen LogP contribution is -2.40. The first-order chi connectivity index (χ1) is 12.2. The Kier molecular flexibility index (Phi) is 8.72. The van der Waals surface area contributed by atoms with Crippen molar-refractivity contribution in [3.05, 3.63) is 12.2 Å². The lowest BCUT2D eigenvalue weighted by Gasteiger charge is -2.31. The van der Waals surface area contributed by atoms with Gasteiger partial charge in [0.25, 0.3) is 0 Å². The normalized spacial score (nSPS) is 16.4. The molecule has 0 saturated heterocycles. The molecule has 0 spiro atoms. The van der Waals surface area contributed by atoms with E-state index in [-0.39, 0.29) is 0 Å². The molecule has 0 aliphatic heterocycles. The van der Waals surface area contributed by atoms with Crippen molar-refractivity contribution < 1.29 is 0 Å². The summed E-state index contributed by atoms with van der Waals surface area (Å²) in [4.78, 5) is 6.83. The number of rotatable bonds is 9. The number of aryl methyl sites for hydroxylation is 1. The molecule has 0 radical (unpaired) electrons. The predicted molar refractivity (Wildman–Crippen MR) is 103 cm³/mol. The summed E-state index contributed by atoms with van der Waals surface area (Å²) < 4.78 is 2.08. The van der Waals surface area contributed by atoms with E-state index >= 15 is 0 Å². The van der Waals surface area contributed by atoms with Crippen molar-refractivity contribution in [1.29, 1.82) is 0 Å². The van der Waals surface area contributed by atoms with Crippen molar-refractivity contribution in [3.63, 3.8) is 0 Å². The van der Waals surface area contributed by atoms with Gasteiger partial charge in [0.15, 0.2) is 5.96 Å². The van der Waals surface area contributed by atoms with Gasteiger partial charge in [-0.25, -0.2) is 0 Å². The predicted octanol–water partition coefficient (Wildman–Crippen LogP) is 1.66. The van der Waals surface area contributed by atoms with Crippen molar-refractivity contribution >= 4 is 5.96 Å². The fraction of sp³-hybridized carbons (Fsp3) is 0.833. The second kappa shape index (κ2) is 11.1. The number of aromatic nitrogens is 3. The van der Waals surface area contributed by atoms with Gasteiger partial charge in [0, 0.05) is 39.1 Å². The molecule has 7 heteroatoms. The second-order valence-corrected chi connectivity index (χ2v) is 6.85. The molecule has 1 fully saturated rings. The summed E-state index contributed by atoms with van der Waals surface area (Å²) in [6.07, 6.45) is 10.8. The van der Waals surface area contributed by atoms with Gasteiger partial charge in [0.2, 0.25) is 0 Å². The number of hydrogen-bond donors (Lipinski definition) is 2. The van der Waals surface area contributed by atoms with Crippen LogP contribution in [-0.2, 0) is 13.0 Å². The van der Waals surface area contributed by atoms with E-state index in [1.165, 1.54) is 32.1 Å². The fourth-order valence-electron chi connectivity index (χ4n) is 3.49. The Balaban J connectivity index is 1.58. The molecule has 0 atom stereocenters. The van der Waals surface area contributed by atoms with E-state index in [0.717, 1.165) is 56.8 Å². The van der Waals surface area contributed by atoms with Gasteiger partial charge in [-0.2, -0.15) is 0 Å². The number of guanidine groups is 1. The lowest BCUT2D eigenvalue weighted by molar-refractivity contribution is 0.190. The minimum Gasteiger partial charge on any atom is -0.356 e. The van der Waals surface area contributed by atoms with E-state index in [4.69, 9.17) is 0 Å². The van der Waals surface area contributed by atoms with Crippen LogP contribution in [0.3, 0.4) is 0 Å². The van der Waals surface area contributed by atoms with Gasteiger partial charge in [0.1, 0.15) is 12.2 Å². The van der Waals surface area contributed by atoms with Gasteiger partial charge in [-0.15, -0.1) is 10.2 Å². The van der Waals surface area contributed by atoms with E-state index in [2.05, 4.69) is 49.3 Å². The molecule has 1 aliphatic carbocycles. The smallest absolute Gasteiger partial charge is 0.191 e. The largest absolute Gasteiger partial charge is 0.356 e. The van der Waals surface area contributed by atoms with Crippen LogP contribution < -0.4 is 10.6 Å². The Labute approximate surface area is 152 Å². The second-order valence-electron chi connectivity index (χ2n) is 6.85. The Bertz CT molecular complexity index is 505. The van der Waals surface area contributed by atoms with E-state index in [0.29, 0.717) is 0 Å². The first kappa shape index (κ1) is 19.7. The molecular formula is C18H35N7. The molecule has 142 valence electrons. The summed E-state index contributed by atoms with van der Waals surface area (Å²) in [5.41, 5.74) is 0. The van der Waals surface area contributed by atoms with Gasteiger partial charge in [-0.05, 0) is 32.9 Å². The number of hydrogen-bond acceptors (Lipinski definition) is 4. The van der Waals surface area contributed by atoms with Crippen LogP contribution in [0, 0.1) is 0 Å². The van der Waals surface area contributed by atoms with Gasteiger partial charge < -0.3 is 20.1 Å². The zero-order valence-electron chi connectivity index (χ0n) is 16.2. The van der Waals surface area contributed by atoms with Crippen LogP contribution in [0.25, 0.3) is 0 Å². The van der Waals surface area contributed by atoms with Crippen LogP contribution in [0.4, 0.5) is 0 Å². The van der Waals surface area contributed by atoms with Crippen molar-refractivity contribution in [2.45, 2.75) is 64.5 Å². The highest BCUT2D eigenvalue weighted by Gasteiger charge is 2.17. The molecule has 1 heterocycles. The quantitative estimate of drug-likeness (QED) is 0.403. The summed E-state index contributed by atoms with van der Waals surface area (Å²) in [6, 6.07) is 0.794. The van der Waals surface area contributed by atoms with E-state index in [9.17, 15) is 0 Å². The standard InChI is InChI=1S/C18H35N7/c1-4-17-23-22-15-25(17)14-12-21-18(19-2)20-11-8-13-24(3)16-9-6-5-7-10-16/h15-16H,4-14H2,1-3H3,(H2,19,20,21). The highest BCUT2D eigenvalue weighted by Crippen LogP contribution is 2.21. The van der Waals surface area contributed by atoms with Crippen molar-refractivity contribution in [2.24, 2.45) is 4.99 Å². The number of nitrogens with one attached hydrogen (secondary N) is 2. The lowest BCUT2D eigenvalue weighted by atomic mass is 9.94. The van der Waals surface area contributed by atoms with E-state index < -0.39 is 0 Å². The summed E-state index contributed by atoms with van der Waals surface area (Å²) in [5.74, 6) is 1.89. The van der Waals surface area contributed by atoms with Gasteiger partial charge >= 0.3 is 0 Å². The minimum absolute atomic E-state index is 0.794. The first-order valence-electron chi connectivity index (χ1n) is 9.76. The third kappa shape index (κ3) is 6.65. The molecule has 2 rings (SSSR count). The SMILES string of the molecule is CCc1nncn1CCNC(=NC)NCCCN(C)C1CCCCC1. The zero-order chi connectivity index (χ0) is 17.9. The van der Waals surface area contributed by atoms with Gasteiger partial charge in [-0.3, -0.25) is 4.99 Å². The maximum atomic E-state index is 4.30. The Hall–Kier alpha value is -1.63. The monoisotopic (exact) mass is 349 g/mol. The van der Waals surface area contributed by atoms with Crippen LogP contribution >= 0.6 is 0 Å². The van der Waals surface area contributed by atoms with Crippen LogP contribution in [0.15, 0.2) is 11.3 Å². The molecule has 0 amide bonds. The maximum absolute atomic E-state index is 4.30.